The molecular weight excluding hydrogens is 257 g/mol. The first-order valence-electron chi connectivity index (χ1n) is 4.51. The van der Waals surface area contributed by atoms with Gasteiger partial charge in [-0.15, -0.1) is 0 Å². The van der Waals surface area contributed by atoms with Crippen LogP contribution in [0, 0.1) is 0 Å². The molecule has 0 radical (unpaired) electrons. The molecule has 0 fully saturated rings. The van der Waals surface area contributed by atoms with Crippen LogP contribution in [0.2, 0.25) is 5.15 Å². The van der Waals surface area contributed by atoms with Crippen LogP contribution in [0.15, 0.2) is 17.3 Å². The normalized spacial score (nSPS) is 12.1. The third-order valence-corrected chi connectivity index (χ3v) is 2.45. The molecule has 0 aliphatic rings. The number of nitrogens with zero attached hydrogens (tertiary/aromatic N) is 2. The number of aromatic nitrogens is 1. The number of carbonyl (C=O) groups excluding carboxylic acids is 1. The van der Waals surface area contributed by atoms with E-state index in [0.717, 1.165) is 6.07 Å². The first-order valence-corrected chi connectivity index (χ1v) is 4.88. The summed E-state index contributed by atoms with van der Waals surface area (Å²) in [6.45, 7) is 2.89. The van der Waals surface area contributed by atoms with Crippen LogP contribution >= 0.6 is 11.6 Å². The van der Waals surface area contributed by atoms with Crippen molar-refractivity contribution in [3.63, 3.8) is 0 Å². The lowest BCUT2D eigenvalue weighted by Crippen LogP contribution is -2.17. The van der Waals surface area contributed by atoms with Gasteiger partial charge in [0.2, 0.25) is 6.08 Å². The van der Waals surface area contributed by atoms with Gasteiger partial charge in [-0.2, -0.15) is 18.2 Å². The van der Waals surface area contributed by atoms with E-state index in [9.17, 15) is 18.0 Å². The van der Waals surface area contributed by atoms with Gasteiger partial charge in [0.15, 0.2) is 0 Å². The average molecular weight is 265 g/mol. The van der Waals surface area contributed by atoms with E-state index < -0.39 is 17.3 Å². The van der Waals surface area contributed by atoms with Crippen molar-refractivity contribution in [2.45, 2.75) is 25.6 Å². The number of aliphatic imine (C=N–C) groups is 1. The maximum absolute atomic E-state index is 12.5. The average Bonchev–Trinajstić information content (AvgIpc) is 2.15. The van der Waals surface area contributed by atoms with Gasteiger partial charge in [0.05, 0.1) is 11.1 Å². The number of halogens is 4. The van der Waals surface area contributed by atoms with Crippen molar-refractivity contribution >= 4 is 17.7 Å². The van der Waals surface area contributed by atoms with Crippen molar-refractivity contribution in [2.75, 3.05) is 0 Å². The van der Waals surface area contributed by atoms with Crippen molar-refractivity contribution in [3.8, 4) is 0 Å². The summed E-state index contributed by atoms with van der Waals surface area (Å²) in [6.07, 6.45) is -2.59. The topological polar surface area (TPSA) is 42.3 Å². The van der Waals surface area contributed by atoms with Gasteiger partial charge in [-0.1, -0.05) is 11.6 Å². The predicted octanol–water partition coefficient (Wildman–Crippen LogP) is 3.32. The van der Waals surface area contributed by atoms with Gasteiger partial charge in [0.25, 0.3) is 0 Å². The van der Waals surface area contributed by atoms with Gasteiger partial charge in [0.1, 0.15) is 5.15 Å². The first kappa shape index (κ1) is 13.7. The van der Waals surface area contributed by atoms with Gasteiger partial charge in [-0.05, 0) is 19.9 Å². The third kappa shape index (κ3) is 3.05. The van der Waals surface area contributed by atoms with Crippen molar-refractivity contribution < 1.29 is 18.0 Å². The Hall–Kier alpha value is -1.39. The fraction of sp³-hybridized carbons (Fsp3) is 0.400. The molecular formula is C10H8ClF3N2O. The summed E-state index contributed by atoms with van der Waals surface area (Å²) in [5.74, 6) is 0. The molecule has 0 N–H and O–H groups in total. The maximum Gasteiger partial charge on any atom is 0.417 e. The molecule has 92 valence electrons. The summed E-state index contributed by atoms with van der Waals surface area (Å²) >= 11 is 5.70. The summed E-state index contributed by atoms with van der Waals surface area (Å²) < 4.78 is 37.4. The summed E-state index contributed by atoms with van der Waals surface area (Å²) in [5.41, 5.74) is -2.11. The van der Waals surface area contributed by atoms with Crippen LogP contribution in [-0.2, 0) is 16.5 Å². The minimum atomic E-state index is -4.52. The number of isocyanates is 1. The summed E-state index contributed by atoms with van der Waals surface area (Å²) in [7, 11) is 0. The standard InChI is InChI=1S/C10H8ClF3N2O/c1-9(2,16-5-17)7-3-6(10(12,13)14)4-15-8(7)11/h3-4H,1-2H3. The molecule has 0 bridgehead atoms. The Kier molecular flexibility index (Phi) is 3.59. The molecule has 17 heavy (non-hydrogen) atoms. The van der Waals surface area contributed by atoms with E-state index in [2.05, 4.69) is 9.98 Å². The van der Waals surface area contributed by atoms with Gasteiger partial charge in [-0.3, -0.25) is 0 Å². The van der Waals surface area contributed by atoms with E-state index in [0.29, 0.717) is 6.20 Å². The van der Waals surface area contributed by atoms with E-state index in [-0.39, 0.29) is 10.7 Å². The molecule has 1 aromatic heterocycles. The molecule has 1 aromatic rings. The molecule has 0 aliphatic heterocycles. The fourth-order valence-electron chi connectivity index (χ4n) is 1.21. The molecule has 0 unspecified atom stereocenters. The Morgan fingerprint density at radius 3 is 2.47 bits per heavy atom. The SMILES string of the molecule is CC(C)(N=C=O)c1cc(C(F)(F)F)cnc1Cl. The largest absolute Gasteiger partial charge is 0.417 e. The van der Waals surface area contributed by atoms with Gasteiger partial charge >= 0.3 is 6.18 Å². The molecule has 3 nitrogen and oxygen atoms in total. The number of rotatable bonds is 2. The molecule has 0 spiro atoms. The smallest absolute Gasteiger partial charge is 0.244 e. The van der Waals surface area contributed by atoms with Crippen molar-refractivity contribution in [1.29, 1.82) is 0 Å². The monoisotopic (exact) mass is 264 g/mol. The van der Waals surface area contributed by atoms with Crippen LogP contribution in [-0.4, -0.2) is 11.1 Å². The third-order valence-electron chi connectivity index (χ3n) is 2.15. The lowest BCUT2D eigenvalue weighted by Gasteiger charge is -2.20. The summed E-state index contributed by atoms with van der Waals surface area (Å²) in [4.78, 5) is 17.1. The number of pyridine rings is 1. The Labute approximate surface area is 100 Å². The van der Waals surface area contributed by atoms with Gasteiger partial charge in [0, 0.05) is 11.8 Å². The summed E-state index contributed by atoms with van der Waals surface area (Å²) in [6, 6.07) is 0.830. The van der Waals surface area contributed by atoms with Crippen LogP contribution in [0.3, 0.4) is 0 Å². The van der Waals surface area contributed by atoms with Gasteiger partial charge in [-0.25, -0.2) is 9.78 Å². The highest BCUT2D eigenvalue weighted by molar-refractivity contribution is 6.30. The van der Waals surface area contributed by atoms with Crippen molar-refractivity contribution in [3.05, 3.63) is 28.5 Å². The fourth-order valence-corrected chi connectivity index (χ4v) is 1.54. The number of hydrogen-bond acceptors (Lipinski definition) is 3. The Bertz CT molecular complexity index is 479. The highest BCUT2D eigenvalue weighted by Gasteiger charge is 2.34. The van der Waals surface area contributed by atoms with Crippen LogP contribution in [0.25, 0.3) is 0 Å². The molecule has 0 atom stereocenters. The zero-order chi connectivity index (χ0) is 13.3. The molecule has 7 heteroatoms. The highest BCUT2D eigenvalue weighted by Crippen LogP contribution is 2.35. The van der Waals surface area contributed by atoms with E-state index in [1.54, 1.807) is 0 Å². The quantitative estimate of drug-likeness (QED) is 0.467. The first-order chi connectivity index (χ1) is 7.68. The molecule has 0 amide bonds. The van der Waals surface area contributed by atoms with Gasteiger partial charge < -0.3 is 0 Å². The Morgan fingerprint density at radius 1 is 1.41 bits per heavy atom. The number of hydrogen-bond donors (Lipinski definition) is 0. The minimum Gasteiger partial charge on any atom is -0.244 e. The maximum atomic E-state index is 12.5. The van der Waals surface area contributed by atoms with E-state index in [1.807, 2.05) is 0 Å². The van der Waals surface area contributed by atoms with Crippen LogP contribution < -0.4 is 0 Å². The minimum absolute atomic E-state index is 0.0253. The van der Waals surface area contributed by atoms with Crippen LogP contribution in [0.5, 0.6) is 0 Å². The predicted molar refractivity (Wildman–Crippen MR) is 55.4 cm³/mol. The summed E-state index contributed by atoms with van der Waals surface area (Å²) in [5, 5.41) is -0.123. The van der Waals surface area contributed by atoms with Crippen molar-refractivity contribution in [1.82, 2.24) is 4.98 Å². The Morgan fingerprint density at radius 2 is 2.00 bits per heavy atom. The van der Waals surface area contributed by atoms with E-state index in [4.69, 9.17) is 11.6 Å². The highest BCUT2D eigenvalue weighted by atomic mass is 35.5. The van der Waals surface area contributed by atoms with E-state index in [1.165, 1.54) is 19.9 Å². The van der Waals surface area contributed by atoms with Crippen LogP contribution in [0.1, 0.15) is 25.0 Å². The molecule has 0 saturated heterocycles. The number of alkyl halides is 3. The second kappa shape index (κ2) is 4.47. The van der Waals surface area contributed by atoms with Crippen LogP contribution in [0.4, 0.5) is 13.2 Å². The molecule has 0 aliphatic carbocycles. The zero-order valence-electron chi connectivity index (χ0n) is 8.97. The lowest BCUT2D eigenvalue weighted by molar-refractivity contribution is -0.137. The molecule has 1 rings (SSSR count). The zero-order valence-corrected chi connectivity index (χ0v) is 9.73. The lowest BCUT2D eigenvalue weighted by atomic mass is 9.95. The second-order valence-corrected chi connectivity index (χ2v) is 4.18. The molecule has 0 aromatic carbocycles. The Balaban J connectivity index is 3.39. The van der Waals surface area contributed by atoms with Crippen molar-refractivity contribution in [2.24, 2.45) is 4.99 Å². The van der Waals surface area contributed by atoms with E-state index >= 15 is 0 Å². The second-order valence-electron chi connectivity index (χ2n) is 3.82. The molecule has 0 saturated carbocycles. The molecule has 1 heterocycles.